The highest BCUT2D eigenvalue weighted by Crippen LogP contribution is 2.34. The Morgan fingerprint density at radius 3 is 2.78 bits per heavy atom. The molecule has 2 atom stereocenters. The summed E-state index contributed by atoms with van der Waals surface area (Å²) in [6.07, 6.45) is 2.27. The van der Waals surface area contributed by atoms with Gasteiger partial charge in [0, 0.05) is 32.1 Å². The number of carbonyl (C=O) groups excluding carboxylic acids is 1. The quantitative estimate of drug-likeness (QED) is 0.874. The summed E-state index contributed by atoms with van der Waals surface area (Å²) in [5.41, 5.74) is 1.14. The first-order chi connectivity index (χ1) is 13.2. The van der Waals surface area contributed by atoms with Crippen LogP contribution in [0.25, 0.3) is 0 Å². The molecular formula is C20H26N4O3. The molecule has 1 amide bonds. The minimum atomic E-state index is -0.133. The van der Waals surface area contributed by atoms with Crippen LogP contribution in [-0.2, 0) is 20.9 Å². The van der Waals surface area contributed by atoms with Crippen molar-refractivity contribution in [3.05, 3.63) is 47.5 Å². The Kier molecular flexibility index (Phi) is 5.50. The normalized spacial score (nSPS) is 23.7. The lowest BCUT2D eigenvalue weighted by Gasteiger charge is -2.29. The summed E-state index contributed by atoms with van der Waals surface area (Å²) >= 11 is 0. The van der Waals surface area contributed by atoms with E-state index >= 15 is 0 Å². The van der Waals surface area contributed by atoms with E-state index < -0.39 is 0 Å². The van der Waals surface area contributed by atoms with Gasteiger partial charge in [-0.25, -0.2) is 4.98 Å². The molecule has 0 saturated carbocycles. The molecule has 27 heavy (non-hydrogen) atoms. The molecule has 2 saturated heterocycles. The van der Waals surface area contributed by atoms with Gasteiger partial charge < -0.3 is 14.4 Å². The van der Waals surface area contributed by atoms with Crippen molar-refractivity contribution in [1.29, 1.82) is 0 Å². The summed E-state index contributed by atoms with van der Waals surface area (Å²) in [7, 11) is 0. The maximum Gasteiger partial charge on any atom is 0.226 e. The lowest BCUT2D eigenvalue weighted by molar-refractivity contribution is -0.140. The average molecular weight is 370 g/mol. The van der Waals surface area contributed by atoms with Gasteiger partial charge in [-0.15, -0.1) is 0 Å². The maximum atomic E-state index is 13.2. The number of likely N-dealkylation sites (tertiary alicyclic amines) is 1. The zero-order valence-corrected chi connectivity index (χ0v) is 15.6. The van der Waals surface area contributed by atoms with Gasteiger partial charge in [0.25, 0.3) is 0 Å². The van der Waals surface area contributed by atoms with Crippen LogP contribution >= 0.6 is 0 Å². The van der Waals surface area contributed by atoms with Crippen molar-refractivity contribution in [3.8, 4) is 0 Å². The van der Waals surface area contributed by atoms with Crippen LogP contribution in [0.2, 0.25) is 0 Å². The van der Waals surface area contributed by atoms with Crippen molar-refractivity contribution in [3.63, 3.8) is 0 Å². The Labute approximate surface area is 159 Å². The van der Waals surface area contributed by atoms with Gasteiger partial charge in [-0.05, 0) is 25.3 Å². The number of carbonyl (C=O) groups is 1. The summed E-state index contributed by atoms with van der Waals surface area (Å²) in [6, 6.07) is 9.98. The van der Waals surface area contributed by atoms with E-state index in [2.05, 4.69) is 27.3 Å². The molecule has 2 aromatic rings. The van der Waals surface area contributed by atoms with E-state index in [1.807, 2.05) is 30.0 Å². The molecule has 0 radical (unpaired) electrons. The van der Waals surface area contributed by atoms with Crippen molar-refractivity contribution >= 4 is 5.91 Å². The van der Waals surface area contributed by atoms with E-state index in [0.29, 0.717) is 32.2 Å². The second-order valence-electron chi connectivity index (χ2n) is 7.33. The second-order valence-corrected chi connectivity index (χ2v) is 7.33. The fourth-order valence-electron chi connectivity index (χ4n) is 3.88. The summed E-state index contributed by atoms with van der Waals surface area (Å²) in [5, 5.41) is 7.22. The minimum Gasteiger partial charge on any atom is -0.381 e. The van der Waals surface area contributed by atoms with Crippen LogP contribution in [-0.4, -0.2) is 51.9 Å². The smallest absolute Gasteiger partial charge is 0.226 e. The average Bonchev–Trinajstić information content (AvgIpc) is 3.33. The molecule has 2 fully saturated rings. The number of amides is 1. The predicted molar refractivity (Wildman–Crippen MR) is 98.8 cm³/mol. The third kappa shape index (κ3) is 4.20. The fraction of sp³-hybridized carbons (Fsp3) is 0.550. The molecule has 4 rings (SSSR count). The van der Waals surface area contributed by atoms with Crippen LogP contribution < -0.4 is 0 Å². The van der Waals surface area contributed by atoms with Crippen molar-refractivity contribution < 1.29 is 14.3 Å². The van der Waals surface area contributed by atoms with E-state index in [1.165, 1.54) is 0 Å². The number of H-pyrrole nitrogens is 1. The molecule has 1 aromatic carbocycles. The summed E-state index contributed by atoms with van der Waals surface area (Å²) < 4.78 is 11.5. The maximum absolute atomic E-state index is 13.2. The first-order valence-corrected chi connectivity index (χ1v) is 9.63. The Balaban J connectivity index is 1.47. The number of rotatable bonds is 5. The summed E-state index contributed by atoms with van der Waals surface area (Å²) in [4.78, 5) is 19.6. The van der Waals surface area contributed by atoms with Crippen LogP contribution in [0.1, 0.15) is 42.5 Å². The van der Waals surface area contributed by atoms with Gasteiger partial charge in [-0.1, -0.05) is 30.3 Å². The highest BCUT2D eigenvalue weighted by atomic mass is 16.5. The molecule has 7 nitrogen and oxygen atoms in total. The standard InChI is InChI=1S/C20H26N4O3/c1-14-21-19(23-22-14)18-11-17(27-13-15-5-3-2-4-6-15)12-24(18)20(25)16-7-9-26-10-8-16/h2-6,16-18H,7-13H2,1H3,(H,21,22,23)/t17-,18-/m0/s1. The largest absolute Gasteiger partial charge is 0.381 e. The SMILES string of the molecule is Cc1nc([C@@H]2C[C@H](OCc3ccccc3)CN2C(=O)C2CCOCC2)n[nH]1. The number of nitrogens with one attached hydrogen (secondary N) is 1. The molecule has 144 valence electrons. The number of aryl methyl sites for hydroxylation is 1. The molecule has 3 heterocycles. The van der Waals surface area contributed by atoms with Crippen molar-refractivity contribution in [2.24, 2.45) is 5.92 Å². The molecule has 1 N–H and O–H groups in total. The molecular weight excluding hydrogens is 344 g/mol. The number of aromatic amines is 1. The van der Waals surface area contributed by atoms with Gasteiger partial charge in [0.15, 0.2) is 5.82 Å². The van der Waals surface area contributed by atoms with Crippen molar-refractivity contribution in [2.75, 3.05) is 19.8 Å². The predicted octanol–water partition coefficient (Wildman–Crippen LogP) is 2.40. The van der Waals surface area contributed by atoms with Gasteiger partial charge in [-0.2, -0.15) is 5.10 Å². The number of hydrogen-bond donors (Lipinski definition) is 1. The van der Waals surface area contributed by atoms with E-state index in [4.69, 9.17) is 9.47 Å². The van der Waals surface area contributed by atoms with Gasteiger partial charge in [0.05, 0.1) is 18.8 Å². The van der Waals surface area contributed by atoms with Crippen LogP contribution in [0, 0.1) is 12.8 Å². The third-order valence-electron chi connectivity index (χ3n) is 5.36. The topological polar surface area (TPSA) is 80.3 Å². The molecule has 7 heteroatoms. The Hall–Kier alpha value is -2.25. The number of nitrogens with zero attached hydrogens (tertiary/aromatic N) is 3. The summed E-state index contributed by atoms with van der Waals surface area (Å²) in [6.45, 7) is 4.32. The number of benzene rings is 1. The highest BCUT2D eigenvalue weighted by molar-refractivity contribution is 5.79. The van der Waals surface area contributed by atoms with Crippen LogP contribution in [0.5, 0.6) is 0 Å². The van der Waals surface area contributed by atoms with Crippen molar-refractivity contribution in [2.45, 2.75) is 44.9 Å². The third-order valence-corrected chi connectivity index (χ3v) is 5.36. The molecule has 0 spiro atoms. The number of hydrogen-bond acceptors (Lipinski definition) is 5. The molecule has 2 aliphatic heterocycles. The van der Waals surface area contributed by atoms with Crippen LogP contribution in [0.15, 0.2) is 30.3 Å². The minimum absolute atomic E-state index is 0.0159. The Morgan fingerprint density at radius 1 is 1.30 bits per heavy atom. The molecule has 0 bridgehead atoms. The first kappa shape index (κ1) is 18.1. The second kappa shape index (κ2) is 8.19. The van der Waals surface area contributed by atoms with E-state index in [9.17, 15) is 4.79 Å². The van der Waals surface area contributed by atoms with Gasteiger partial charge in [0.2, 0.25) is 5.91 Å². The number of aromatic nitrogens is 3. The summed E-state index contributed by atoms with van der Waals surface area (Å²) in [5.74, 6) is 1.64. The van der Waals surface area contributed by atoms with E-state index in [1.54, 1.807) is 0 Å². The number of ether oxygens (including phenoxy) is 2. The van der Waals surface area contributed by atoms with E-state index in [-0.39, 0.29) is 24.0 Å². The molecule has 0 aliphatic carbocycles. The highest BCUT2D eigenvalue weighted by Gasteiger charge is 2.41. The van der Waals surface area contributed by atoms with Crippen LogP contribution in [0.4, 0.5) is 0 Å². The Morgan fingerprint density at radius 2 is 2.07 bits per heavy atom. The lowest BCUT2D eigenvalue weighted by Crippen LogP contribution is -2.39. The van der Waals surface area contributed by atoms with Gasteiger partial charge in [-0.3, -0.25) is 9.89 Å². The van der Waals surface area contributed by atoms with E-state index in [0.717, 1.165) is 30.7 Å². The fourth-order valence-corrected chi connectivity index (χ4v) is 3.88. The van der Waals surface area contributed by atoms with Gasteiger partial charge >= 0.3 is 0 Å². The van der Waals surface area contributed by atoms with Gasteiger partial charge in [0.1, 0.15) is 5.82 Å². The zero-order valence-electron chi connectivity index (χ0n) is 15.6. The van der Waals surface area contributed by atoms with Crippen LogP contribution in [0.3, 0.4) is 0 Å². The molecule has 1 aromatic heterocycles. The molecule has 2 aliphatic rings. The molecule has 0 unspecified atom stereocenters. The van der Waals surface area contributed by atoms with Crippen molar-refractivity contribution in [1.82, 2.24) is 20.1 Å². The lowest BCUT2D eigenvalue weighted by atomic mass is 9.98. The first-order valence-electron chi connectivity index (χ1n) is 9.63. The zero-order chi connectivity index (χ0) is 18.6. The Bertz CT molecular complexity index is 758. The monoisotopic (exact) mass is 370 g/mol.